The molecule has 2 amide bonds. The highest BCUT2D eigenvalue weighted by molar-refractivity contribution is 6.04. The molecule has 2 aromatic carbocycles. The van der Waals surface area contributed by atoms with Crippen LogP contribution in [0.15, 0.2) is 73.1 Å². The Morgan fingerprint density at radius 2 is 1.73 bits per heavy atom. The van der Waals surface area contributed by atoms with E-state index in [9.17, 15) is 9.59 Å². The van der Waals surface area contributed by atoms with Gasteiger partial charge in [0.1, 0.15) is 0 Å². The molecule has 33 heavy (non-hydrogen) atoms. The van der Waals surface area contributed by atoms with Gasteiger partial charge in [0.25, 0.3) is 5.91 Å². The topological polar surface area (TPSA) is 74.3 Å². The van der Waals surface area contributed by atoms with Crippen LogP contribution in [0.25, 0.3) is 0 Å². The zero-order valence-electron chi connectivity index (χ0n) is 19.0. The third kappa shape index (κ3) is 6.26. The summed E-state index contributed by atoms with van der Waals surface area (Å²) in [7, 11) is 0. The average Bonchev–Trinajstić information content (AvgIpc) is 2.85. The summed E-state index contributed by atoms with van der Waals surface area (Å²) >= 11 is 0. The molecule has 0 atom stereocenters. The summed E-state index contributed by atoms with van der Waals surface area (Å²) in [4.78, 5) is 32.2. The molecule has 0 radical (unpaired) electrons. The van der Waals surface area contributed by atoms with Crippen molar-refractivity contribution in [3.05, 3.63) is 95.3 Å². The van der Waals surface area contributed by atoms with Gasteiger partial charge in [0, 0.05) is 31.4 Å². The highest BCUT2D eigenvalue weighted by Crippen LogP contribution is 2.23. The number of benzene rings is 2. The maximum absolute atomic E-state index is 13.0. The third-order valence-corrected chi connectivity index (χ3v) is 6.09. The Morgan fingerprint density at radius 3 is 2.45 bits per heavy atom. The van der Waals surface area contributed by atoms with Crippen LogP contribution >= 0.6 is 0 Å². The Hall–Kier alpha value is -3.51. The van der Waals surface area contributed by atoms with Gasteiger partial charge >= 0.3 is 0 Å². The number of hydrogen-bond donors (Lipinski definition) is 2. The highest BCUT2D eigenvalue weighted by Gasteiger charge is 2.26. The van der Waals surface area contributed by atoms with Gasteiger partial charge in [-0.15, -0.1) is 0 Å². The summed E-state index contributed by atoms with van der Waals surface area (Å²) in [6.45, 7) is 5.16. The molecule has 1 aliphatic rings. The second kappa shape index (κ2) is 10.9. The molecule has 0 aliphatic carbocycles. The first-order valence-corrected chi connectivity index (χ1v) is 11.4. The van der Waals surface area contributed by atoms with Crippen molar-refractivity contribution in [2.75, 3.05) is 18.4 Å². The zero-order chi connectivity index (χ0) is 23.0. The number of anilines is 1. The summed E-state index contributed by atoms with van der Waals surface area (Å²) in [6, 6.07) is 19.5. The summed E-state index contributed by atoms with van der Waals surface area (Å²) in [6.07, 6.45) is 5.04. The maximum atomic E-state index is 13.0. The maximum Gasteiger partial charge on any atom is 0.253 e. The lowest BCUT2D eigenvalue weighted by atomic mass is 9.95. The van der Waals surface area contributed by atoms with Gasteiger partial charge in [0.05, 0.1) is 11.3 Å². The van der Waals surface area contributed by atoms with Gasteiger partial charge in [0.2, 0.25) is 5.91 Å². The van der Waals surface area contributed by atoms with Crippen LogP contribution < -0.4 is 10.6 Å². The summed E-state index contributed by atoms with van der Waals surface area (Å²) in [5.41, 5.74) is 4.50. The molecule has 1 aliphatic heterocycles. The Bertz CT molecular complexity index is 1070. The van der Waals surface area contributed by atoms with Crippen molar-refractivity contribution in [2.45, 2.75) is 32.9 Å². The van der Waals surface area contributed by atoms with E-state index in [2.05, 4.69) is 51.7 Å². The normalized spacial score (nSPS) is 14.6. The fraction of sp³-hybridized carbons (Fsp3) is 0.296. The second-order valence-corrected chi connectivity index (χ2v) is 8.61. The number of aryl methyl sites for hydroxylation is 1. The number of aromatic nitrogens is 1. The first-order valence-electron chi connectivity index (χ1n) is 11.4. The van der Waals surface area contributed by atoms with Crippen molar-refractivity contribution in [3.63, 3.8) is 0 Å². The van der Waals surface area contributed by atoms with E-state index in [1.807, 2.05) is 18.2 Å². The van der Waals surface area contributed by atoms with Crippen LogP contribution in [0.3, 0.4) is 0 Å². The molecule has 6 nitrogen and oxygen atoms in total. The molecule has 2 heterocycles. The molecule has 0 spiro atoms. The van der Waals surface area contributed by atoms with E-state index in [4.69, 9.17) is 0 Å². The lowest BCUT2D eigenvalue weighted by Gasteiger charge is -2.31. The quantitative estimate of drug-likeness (QED) is 0.576. The van der Waals surface area contributed by atoms with Crippen molar-refractivity contribution in [1.82, 2.24) is 15.2 Å². The smallest absolute Gasteiger partial charge is 0.253 e. The second-order valence-electron chi connectivity index (χ2n) is 8.61. The third-order valence-electron chi connectivity index (χ3n) is 6.09. The van der Waals surface area contributed by atoms with Crippen molar-refractivity contribution < 1.29 is 9.59 Å². The number of carbonyl (C=O) groups is 2. The molecule has 4 rings (SSSR count). The zero-order valence-corrected chi connectivity index (χ0v) is 19.0. The van der Waals surface area contributed by atoms with E-state index in [0.29, 0.717) is 17.8 Å². The van der Waals surface area contributed by atoms with Crippen LogP contribution in [0.2, 0.25) is 0 Å². The molecule has 1 saturated heterocycles. The first kappa shape index (κ1) is 22.7. The van der Waals surface area contributed by atoms with E-state index < -0.39 is 0 Å². The number of para-hydroxylation sites is 1. The largest absolute Gasteiger partial charge is 0.348 e. The van der Waals surface area contributed by atoms with Gasteiger partial charge in [-0.05, 0) is 62.2 Å². The summed E-state index contributed by atoms with van der Waals surface area (Å²) in [5, 5.41) is 5.90. The van der Waals surface area contributed by atoms with Gasteiger partial charge < -0.3 is 10.6 Å². The van der Waals surface area contributed by atoms with Gasteiger partial charge in [-0.2, -0.15) is 0 Å². The molecule has 0 unspecified atom stereocenters. The number of nitrogens with one attached hydrogen (secondary N) is 2. The minimum Gasteiger partial charge on any atom is -0.348 e. The number of amides is 2. The molecule has 3 aromatic rings. The molecule has 2 N–H and O–H groups in total. The molecular weight excluding hydrogens is 412 g/mol. The molecule has 1 fully saturated rings. The van der Waals surface area contributed by atoms with Crippen LogP contribution in [-0.4, -0.2) is 34.8 Å². The van der Waals surface area contributed by atoms with Crippen molar-refractivity contribution in [3.8, 4) is 0 Å². The van der Waals surface area contributed by atoms with Gasteiger partial charge in [0.15, 0.2) is 0 Å². The van der Waals surface area contributed by atoms with Crippen LogP contribution in [0, 0.1) is 12.8 Å². The van der Waals surface area contributed by atoms with Crippen molar-refractivity contribution >= 4 is 17.5 Å². The van der Waals surface area contributed by atoms with Gasteiger partial charge in [-0.25, -0.2) is 0 Å². The van der Waals surface area contributed by atoms with Crippen LogP contribution in [-0.2, 0) is 17.9 Å². The molecule has 6 heteroatoms. The average molecular weight is 443 g/mol. The Balaban J connectivity index is 1.30. The Kier molecular flexibility index (Phi) is 7.47. The minimum atomic E-state index is -0.220. The van der Waals surface area contributed by atoms with Gasteiger partial charge in [-0.1, -0.05) is 48.0 Å². The number of likely N-dealkylation sites (tertiary alicyclic amines) is 1. The van der Waals surface area contributed by atoms with E-state index >= 15 is 0 Å². The lowest BCUT2D eigenvalue weighted by molar-refractivity contribution is -0.121. The fourth-order valence-electron chi connectivity index (χ4n) is 4.11. The Labute approximate surface area is 195 Å². The fourth-order valence-corrected chi connectivity index (χ4v) is 4.11. The predicted molar refractivity (Wildman–Crippen MR) is 130 cm³/mol. The SMILES string of the molecule is Cc1ccc(CN2CCC(C(=O)Nc3ccccc3C(=O)NCc3cccnc3)CC2)cc1. The van der Waals surface area contributed by atoms with Gasteiger partial charge in [-0.3, -0.25) is 19.5 Å². The highest BCUT2D eigenvalue weighted by atomic mass is 16.2. The number of rotatable bonds is 7. The molecule has 1 aromatic heterocycles. The number of nitrogens with zero attached hydrogens (tertiary/aromatic N) is 2. The molecule has 0 saturated carbocycles. The van der Waals surface area contributed by atoms with E-state index in [1.54, 1.807) is 30.6 Å². The van der Waals surface area contributed by atoms with Crippen molar-refractivity contribution in [2.24, 2.45) is 5.92 Å². The summed E-state index contributed by atoms with van der Waals surface area (Å²) < 4.78 is 0. The summed E-state index contributed by atoms with van der Waals surface area (Å²) in [5.74, 6) is -0.286. The number of piperidine rings is 1. The lowest BCUT2D eigenvalue weighted by Crippen LogP contribution is -2.38. The number of hydrogen-bond acceptors (Lipinski definition) is 4. The van der Waals surface area contributed by atoms with E-state index in [0.717, 1.165) is 38.0 Å². The predicted octanol–water partition coefficient (Wildman–Crippen LogP) is 4.17. The molecule has 0 bridgehead atoms. The standard InChI is InChI=1S/C27H30N4O2/c1-20-8-10-21(11-9-20)19-31-15-12-23(13-16-31)26(32)30-25-7-3-2-6-24(25)27(33)29-18-22-5-4-14-28-17-22/h2-11,14,17,23H,12-13,15-16,18-19H2,1H3,(H,29,33)(H,30,32). The number of pyridine rings is 1. The molecule has 170 valence electrons. The van der Waals surface area contributed by atoms with Crippen LogP contribution in [0.1, 0.15) is 39.9 Å². The minimum absolute atomic E-state index is 0.0162. The molecular formula is C27H30N4O2. The van der Waals surface area contributed by atoms with Crippen LogP contribution in [0.5, 0.6) is 0 Å². The Morgan fingerprint density at radius 1 is 0.970 bits per heavy atom. The monoisotopic (exact) mass is 442 g/mol. The van der Waals surface area contributed by atoms with E-state index in [-0.39, 0.29) is 17.7 Å². The van der Waals surface area contributed by atoms with E-state index in [1.165, 1.54) is 11.1 Å². The van der Waals surface area contributed by atoms with Crippen LogP contribution in [0.4, 0.5) is 5.69 Å². The number of carbonyl (C=O) groups excluding carboxylic acids is 2. The van der Waals surface area contributed by atoms with Crippen molar-refractivity contribution in [1.29, 1.82) is 0 Å². The first-order chi connectivity index (χ1) is 16.1.